The van der Waals surface area contributed by atoms with Gasteiger partial charge in [0, 0.05) is 34.1 Å². The van der Waals surface area contributed by atoms with Crippen molar-refractivity contribution in [1.29, 1.82) is 0 Å². The summed E-state index contributed by atoms with van der Waals surface area (Å²) < 4.78 is 0. The van der Waals surface area contributed by atoms with E-state index in [4.69, 9.17) is 0 Å². The number of anilines is 6. The number of hydrogen-bond acceptors (Lipinski definition) is 2. The van der Waals surface area contributed by atoms with Crippen LogP contribution in [0.15, 0.2) is 103 Å². The lowest BCUT2D eigenvalue weighted by Crippen LogP contribution is -2.61. The second-order valence-corrected chi connectivity index (χ2v) is 14.3. The maximum Gasteiger partial charge on any atom is 0.252 e. The third-order valence-electron chi connectivity index (χ3n) is 10.8. The van der Waals surface area contributed by atoms with Gasteiger partial charge in [-0.3, -0.25) is 0 Å². The zero-order valence-electron chi connectivity index (χ0n) is 30.3. The van der Waals surface area contributed by atoms with Crippen molar-refractivity contribution in [2.24, 2.45) is 0 Å². The zero-order chi connectivity index (χ0) is 33.7. The van der Waals surface area contributed by atoms with Crippen LogP contribution in [-0.4, -0.2) is 6.71 Å². The Balaban J connectivity index is 1.44. The standard InChI is InChI=1S/C46H53BN2/c1-5-9-14-34-20-26-38(27-21-34)48-42-30-24-36(16-11-7-3)32-40(42)47-41-33-37(17-12-8-4)25-31-43(41)49(45-19-13-18-44(48)46(45)47)39-28-22-35(23-29-39)15-10-6-2/h13,18-33H,5-12,14-17H2,1-4H3. The van der Waals surface area contributed by atoms with Crippen molar-refractivity contribution in [1.82, 2.24) is 0 Å². The minimum absolute atomic E-state index is 0.180. The third-order valence-corrected chi connectivity index (χ3v) is 10.8. The molecule has 0 fully saturated rings. The Morgan fingerprint density at radius 3 is 1.16 bits per heavy atom. The van der Waals surface area contributed by atoms with E-state index in [1.807, 2.05) is 0 Å². The SMILES string of the molecule is CCCCc1ccc(N2c3ccc(CCCC)cc3B3c4cc(CCCC)ccc4N(c4ccc(CCCC)cc4)c4cccc2c43)cc1. The number of hydrogen-bond donors (Lipinski definition) is 0. The van der Waals surface area contributed by atoms with Crippen LogP contribution in [0.1, 0.15) is 101 Å². The van der Waals surface area contributed by atoms with Crippen molar-refractivity contribution in [3.63, 3.8) is 0 Å². The fourth-order valence-electron chi connectivity index (χ4n) is 8.06. The summed E-state index contributed by atoms with van der Waals surface area (Å²) >= 11 is 0. The van der Waals surface area contributed by atoms with E-state index >= 15 is 0 Å². The summed E-state index contributed by atoms with van der Waals surface area (Å²) in [5.41, 5.74) is 17.7. The summed E-state index contributed by atoms with van der Waals surface area (Å²) in [6.07, 6.45) is 14.3. The molecule has 7 rings (SSSR count). The molecule has 0 radical (unpaired) electrons. The van der Waals surface area contributed by atoms with Gasteiger partial charge in [-0.1, -0.05) is 108 Å². The second-order valence-electron chi connectivity index (χ2n) is 14.3. The fourth-order valence-corrected chi connectivity index (χ4v) is 8.06. The highest BCUT2D eigenvalue weighted by molar-refractivity contribution is 7.00. The second kappa shape index (κ2) is 15.1. The highest BCUT2D eigenvalue weighted by Gasteiger charge is 2.43. The maximum atomic E-state index is 2.55. The van der Waals surface area contributed by atoms with Crippen molar-refractivity contribution < 1.29 is 0 Å². The van der Waals surface area contributed by atoms with Crippen molar-refractivity contribution in [2.75, 3.05) is 9.80 Å². The minimum Gasteiger partial charge on any atom is -0.311 e. The summed E-state index contributed by atoms with van der Waals surface area (Å²) in [5.74, 6) is 0. The molecule has 250 valence electrons. The smallest absolute Gasteiger partial charge is 0.252 e. The van der Waals surface area contributed by atoms with Crippen molar-refractivity contribution in [3.05, 3.63) is 125 Å². The Bertz CT molecular complexity index is 1740. The molecule has 2 aliphatic heterocycles. The Kier molecular flexibility index (Phi) is 10.3. The number of fused-ring (bicyclic) bond motifs is 4. The lowest BCUT2D eigenvalue weighted by atomic mass is 9.33. The van der Waals surface area contributed by atoms with E-state index in [0.29, 0.717) is 0 Å². The van der Waals surface area contributed by atoms with Crippen LogP contribution in [0, 0.1) is 0 Å². The average Bonchev–Trinajstić information content (AvgIpc) is 3.15. The van der Waals surface area contributed by atoms with Crippen molar-refractivity contribution >= 4 is 57.2 Å². The molecule has 2 heterocycles. The van der Waals surface area contributed by atoms with E-state index in [0.717, 1.165) is 25.7 Å². The Hall–Kier alpha value is -4.24. The number of benzene rings is 5. The molecule has 0 bridgehead atoms. The average molecular weight is 645 g/mol. The van der Waals surface area contributed by atoms with Gasteiger partial charge in [-0.15, -0.1) is 0 Å². The maximum absolute atomic E-state index is 2.55. The van der Waals surface area contributed by atoms with Gasteiger partial charge in [-0.05, 0) is 139 Å². The van der Waals surface area contributed by atoms with Gasteiger partial charge in [0.1, 0.15) is 0 Å². The minimum atomic E-state index is 0.180. The van der Waals surface area contributed by atoms with Gasteiger partial charge in [0.2, 0.25) is 0 Å². The summed E-state index contributed by atoms with van der Waals surface area (Å²) in [7, 11) is 0. The first-order valence-electron chi connectivity index (χ1n) is 19.3. The highest BCUT2D eigenvalue weighted by Crippen LogP contribution is 2.44. The molecule has 2 aliphatic rings. The van der Waals surface area contributed by atoms with Gasteiger partial charge >= 0.3 is 0 Å². The van der Waals surface area contributed by atoms with Gasteiger partial charge in [-0.25, -0.2) is 0 Å². The number of unbranched alkanes of at least 4 members (excludes halogenated alkanes) is 4. The van der Waals surface area contributed by atoms with Crippen LogP contribution >= 0.6 is 0 Å². The molecule has 3 heteroatoms. The molecular formula is C46H53BN2. The van der Waals surface area contributed by atoms with Crippen LogP contribution in [0.25, 0.3) is 0 Å². The molecule has 0 atom stereocenters. The molecule has 0 spiro atoms. The molecule has 5 aromatic rings. The van der Waals surface area contributed by atoms with Crippen LogP contribution in [0.3, 0.4) is 0 Å². The summed E-state index contributed by atoms with van der Waals surface area (Å²) in [5, 5.41) is 0. The lowest BCUT2D eigenvalue weighted by molar-refractivity contribution is 0.795. The molecule has 0 unspecified atom stereocenters. The van der Waals surface area contributed by atoms with Gasteiger partial charge in [0.25, 0.3) is 6.71 Å². The summed E-state index contributed by atoms with van der Waals surface area (Å²) in [6.45, 7) is 9.33. The fraction of sp³-hybridized carbons (Fsp3) is 0.348. The first-order valence-corrected chi connectivity index (χ1v) is 19.3. The number of nitrogens with zero attached hydrogens (tertiary/aromatic N) is 2. The van der Waals surface area contributed by atoms with Gasteiger partial charge in [-0.2, -0.15) is 0 Å². The lowest BCUT2D eigenvalue weighted by Gasteiger charge is -2.44. The largest absolute Gasteiger partial charge is 0.311 e. The monoisotopic (exact) mass is 644 g/mol. The topological polar surface area (TPSA) is 6.48 Å². The highest BCUT2D eigenvalue weighted by atomic mass is 15.2. The Morgan fingerprint density at radius 2 is 0.776 bits per heavy atom. The van der Waals surface area contributed by atoms with E-state index in [1.165, 1.54) is 124 Å². The van der Waals surface area contributed by atoms with E-state index < -0.39 is 0 Å². The van der Waals surface area contributed by atoms with Crippen molar-refractivity contribution in [3.8, 4) is 0 Å². The first-order chi connectivity index (χ1) is 24.1. The van der Waals surface area contributed by atoms with Crippen LogP contribution in [0.4, 0.5) is 34.1 Å². The molecule has 49 heavy (non-hydrogen) atoms. The molecule has 0 aliphatic carbocycles. The van der Waals surface area contributed by atoms with Gasteiger partial charge < -0.3 is 9.80 Å². The van der Waals surface area contributed by atoms with Crippen LogP contribution < -0.4 is 26.2 Å². The molecule has 0 amide bonds. The molecule has 2 nitrogen and oxygen atoms in total. The number of rotatable bonds is 14. The van der Waals surface area contributed by atoms with E-state index in [-0.39, 0.29) is 6.71 Å². The van der Waals surface area contributed by atoms with E-state index in [1.54, 1.807) is 0 Å². The predicted octanol–water partition coefficient (Wildman–Crippen LogP) is 11.1. The first kappa shape index (κ1) is 33.3. The molecule has 0 N–H and O–H groups in total. The van der Waals surface area contributed by atoms with Gasteiger partial charge in [0.15, 0.2) is 0 Å². The Labute approximate surface area is 296 Å². The van der Waals surface area contributed by atoms with Crippen LogP contribution in [0.2, 0.25) is 0 Å². The molecular weight excluding hydrogens is 591 g/mol. The molecule has 0 aromatic heterocycles. The zero-order valence-corrected chi connectivity index (χ0v) is 30.3. The Morgan fingerprint density at radius 1 is 0.408 bits per heavy atom. The van der Waals surface area contributed by atoms with E-state index in [2.05, 4.69) is 141 Å². The van der Waals surface area contributed by atoms with E-state index in [9.17, 15) is 0 Å². The normalized spacial score (nSPS) is 12.9. The molecule has 5 aromatic carbocycles. The molecule has 0 saturated carbocycles. The van der Waals surface area contributed by atoms with Crippen LogP contribution in [0.5, 0.6) is 0 Å². The quantitative estimate of drug-likeness (QED) is 0.109. The van der Waals surface area contributed by atoms with Gasteiger partial charge in [0.05, 0.1) is 0 Å². The third kappa shape index (κ3) is 6.57. The number of aryl methyl sites for hydroxylation is 4. The van der Waals surface area contributed by atoms with Crippen molar-refractivity contribution in [2.45, 2.75) is 105 Å². The predicted molar refractivity (Wildman–Crippen MR) is 215 cm³/mol. The summed E-state index contributed by atoms with van der Waals surface area (Å²) in [6, 6.07) is 40.5. The van der Waals surface area contributed by atoms with Crippen LogP contribution in [-0.2, 0) is 25.7 Å². The molecule has 0 saturated heterocycles. The summed E-state index contributed by atoms with van der Waals surface area (Å²) in [4.78, 5) is 5.10.